The third-order valence-electron chi connectivity index (χ3n) is 6.04. The van der Waals surface area contributed by atoms with Crippen molar-refractivity contribution in [3.05, 3.63) is 72.4 Å². The molecule has 1 aliphatic rings. The van der Waals surface area contributed by atoms with E-state index in [0.717, 1.165) is 53.8 Å². The van der Waals surface area contributed by atoms with Gasteiger partial charge in [0.15, 0.2) is 0 Å². The number of pyridine rings is 1. The first-order valence-electron chi connectivity index (χ1n) is 10.7. The lowest BCUT2D eigenvalue weighted by molar-refractivity contribution is -0.165. The fourth-order valence-corrected chi connectivity index (χ4v) is 4.42. The van der Waals surface area contributed by atoms with Crippen LogP contribution in [0.2, 0.25) is 0 Å². The van der Waals surface area contributed by atoms with Crippen molar-refractivity contribution in [2.75, 3.05) is 13.2 Å². The van der Waals surface area contributed by atoms with E-state index in [2.05, 4.69) is 45.1 Å². The molecule has 6 nitrogen and oxygen atoms in total. The van der Waals surface area contributed by atoms with Gasteiger partial charge in [-0.05, 0) is 61.6 Å². The van der Waals surface area contributed by atoms with Crippen molar-refractivity contribution < 1.29 is 9.23 Å². The Morgan fingerprint density at radius 2 is 2.03 bits per heavy atom. The van der Waals surface area contributed by atoms with Crippen LogP contribution >= 0.6 is 0 Å². The molecular formula is C24H26FN5O. The monoisotopic (exact) mass is 419 g/mol. The number of rotatable bonds is 7. The van der Waals surface area contributed by atoms with Gasteiger partial charge in [-0.25, -0.2) is 9.37 Å². The van der Waals surface area contributed by atoms with Gasteiger partial charge >= 0.3 is 0 Å². The Hall–Kier alpha value is -3.03. The van der Waals surface area contributed by atoms with Gasteiger partial charge in [-0.1, -0.05) is 12.1 Å². The van der Waals surface area contributed by atoms with Gasteiger partial charge in [0, 0.05) is 37.1 Å². The van der Waals surface area contributed by atoms with E-state index < -0.39 is 0 Å². The van der Waals surface area contributed by atoms with Crippen molar-refractivity contribution >= 4 is 11.0 Å². The van der Waals surface area contributed by atoms with Gasteiger partial charge in [0.05, 0.1) is 29.5 Å². The number of benzene rings is 1. The molecule has 4 aromatic rings. The minimum absolute atomic E-state index is 0.203. The number of hydrogen-bond acceptors (Lipinski definition) is 4. The fraction of sp³-hybridized carbons (Fsp3) is 0.333. The molecule has 31 heavy (non-hydrogen) atoms. The number of hydroxylamine groups is 2. The molecule has 1 N–H and O–H groups in total. The van der Waals surface area contributed by atoms with E-state index >= 15 is 0 Å². The van der Waals surface area contributed by atoms with Gasteiger partial charge in [0.25, 0.3) is 0 Å². The van der Waals surface area contributed by atoms with Crippen molar-refractivity contribution in [1.29, 1.82) is 0 Å². The second kappa shape index (κ2) is 8.61. The zero-order valence-corrected chi connectivity index (χ0v) is 17.5. The molecular weight excluding hydrogens is 393 g/mol. The van der Waals surface area contributed by atoms with Crippen LogP contribution in [0.4, 0.5) is 4.39 Å². The standard InChI is InChI=1S/C24H26FN5O/c1-17-12-19(16-30(17)31-11-9-18-2-4-21(25)5-3-18)15-29-10-8-23-24(29)7-6-22(28-23)20-13-26-27-14-20/h2-8,10,13-14,17,19H,9,11-12,15-16H2,1H3,(H,26,27)/t17-,19+/m0/s1. The van der Waals surface area contributed by atoms with Crippen molar-refractivity contribution in [3.8, 4) is 11.3 Å². The number of H-pyrrole nitrogens is 1. The molecule has 0 aliphatic carbocycles. The molecule has 0 bridgehead atoms. The lowest BCUT2D eigenvalue weighted by atomic mass is 10.1. The first-order valence-corrected chi connectivity index (χ1v) is 10.7. The molecule has 1 aliphatic heterocycles. The molecule has 0 spiro atoms. The number of nitrogens with zero attached hydrogens (tertiary/aromatic N) is 4. The molecule has 1 fully saturated rings. The molecule has 0 unspecified atom stereocenters. The van der Waals surface area contributed by atoms with Crippen LogP contribution in [-0.4, -0.2) is 44.0 Å². The van der Waals surface area contributed by atoms with Gasteiger partial charge in [-0.3, -0.25) is 9.94 Å². The minimum Gasteiger partial charge on any atom is -0.346 e. The van der Waals surface area contributed by atoms with Crippen LogP contribution in [0, 0.1) is 11.7 Å². The highest BCUT2D eigenvalue weighted by molar-refractivity contribution is 5.79. The Morgan fingerprint density at radius 3 is 2.84 bits per heavy atom. The summed E-state index contributed by atoms with van der Waals surface area (Å²) < 4.78 is 15.3. The summed E-state index contributed by atoms with van der Waals surface area (Å²) in [5.41, 5.74) is 5.15. The molecule has 1 saturated heterocycles. The van der Waals surface area contributed by atoms with E-state index in [4.69, 9.17) is 9.82 Å². The van der Waals surface area contributed by atoms with Gasteiger partial charge in [0.2, 0.25) is 0 Å². The van der Waals surface area contributed by atoms with Crippen molar-refractivity contribution in [3.63, 3.8) is 0 Å². The molecule has 3 aromatic heterocycles. The summed E-state index contributed by atoms with van der Waals surface area (Å²) in [6.07, 6.45) is 7.64. The van der Waals surface area contributed by atoms with Gasteiger partial charge in [-0.2, -0.15) is 10.2 Å². The maximum absolute atomic E-state index is 13.0. The van der Waals surface area contributed by atoms with Crippen molar-refractivity contribution in [2.24, 2.45) is 5.92 Å². The van der Waals surface area contributed by atoms with Gasteiger partial charge < -0.3 is 4.57 Å². The van der Waals surface area contributed by atoms with Gasteiger partial charge in [0.1, 0.15) is 5.82 Å². The largest absolute Gasteiger partial charge is 0.346 e. The van der Waals surface area contributed by atoms with Crippen LogP contribution < -0.4 is 0 Å². The molecule has 160 valence electrons. The Morgan fingerprint density at radius 1 is 1.16 bits per heavy atom. The van der Waals surface area contributed by atoms with Crippen molar-refractivity contribution in [1.82, 2.24) is 24.8 Å². The first-order chi connectivity index (χ1) is 15.2. The minimum atomic E-state index is -0.203. The topological polar surface area (TPSA) is 59.0 Å². The average Bonchev–Trinajstić information content (AvgIpc) is 3.51. The molecule has 0 saturated carbocycles. The van der Waals surface area contributed by atoms with Crippen LogP contribution in [0.25, 0.3) is 22.3 Å². The third-order valence-corrected chi connectivity index (χ3v) is 6.04. The number of halogens is 1. The summed E-state index contributed by atoms with van der Waals surface area (Å²) >= 11 is 0. The predicted molar refractivity (Wildman–Crippen MR) is 118 cm³/mol. The van der Waals surface area contributed by atoms with Crippen LogP contribution in [0.1, 0.15) is 18.9 Å². The first kappa shape index (κ1) is 19.9. The van der Waals surface area contributed by atoms with E-state index in [1.165, 1.54) is 12.1 Å². The second-order valence-corrected chi connectivity index (χ2v) is 8.32. The van der Waals surface area contributed by atoms with E-state index in [9.17, 15) is 4.39 Å². The Balaban J connectivity index is 1.19. The number of aromatic amines is 1. The Labute approximate surface area is 180 Å². The predicted octanol–water partition coefficient (Wildman–Crippen LogP) is 4.45. The summed E-state index contributed by atoms with van der Waals surface area (Å²) in [4.78, 5) is 10.8. The maximum atomic E-state index is 13.0. The normalized spacial score (nSPS) is 19.4. The maximum Gasteiger partial charge on any atom is 0.123 e. The lowest BCUT2D eigenvalue weighted by Crippen LogP contribution is -2.28. The average molecular weight is 420 g/mol. The molecule has 0 amide bonds. The summed E-state index contributed by atoms with van der Waals surface area (Å²) in [7, 11) is 0. The highest BCUT2D eigenvalue weighted by Crippen LogP contribution is 2.27. The highest BCUT2D eigenvalue weighted by atomic mass is 19.1. The summed E-state index contributed by atoms with van der Waals surface area (Å²) in [6.45, 7) is 4.67. The summed E-state index contributed by atoms with van der Waals surface area (Å²) in [5.74, 6) is 0.316. The quantitative estimate of drug-likeness (QED) is 0.481. The summed E-state index contributed by atoms with van der Waals surface area (Å²) in [6, 6.07) is 13.3. The lowest BCUT2D eigenvalue weighted by Gasteiger charge is -2.20. The molecule has 4 heterocycles. The second-order valence-electron chi connectivity index (χ2n) is 8.32. The smallest absolute Gasteiger partial charge is 0.123 e. The Kier molecular flexibility index (Phi) is 5.53. The molecule has 7 heteroatoms. The number of nitrogens with one attached hydrogen (secondary N) is 1. The van der Waals surface area contributed by atoms with E-state index in [0.29, 0.717) is 18.6 Å². The van der Waals surface area contributed by atoms with Crippen LogP contribution in [-0.2, 0) is 17.8 Å². The zero-order valence-electron chi connectivity index (χ0n) is 17.5. The van der Waals surface area contributed by atoms with E-state index in [-0.39, 0.29) is 5.82 Å². The Bertz CT molecular complexity index is 1140. The molecule has 1 aromatic carbocycles. The molecule has 0 radical (unpaired) electrons. The van der Waals surface area contributed by atoms with Crippen LogP contribution in [0.5, 0.6) is 0 Å². The highest BCUT2D eigenvalue weighted by Gasteiger charge is 2.30. The zero-order chi connectivity index (χ0) is 21.2. The number of aromatic nitrogens is 4. The number of hydrogen-bond donors (Lipinski definition) is 1. The SMILES string of the molecule is C[C@H]1C[C@H](Cn2ccc3nc(-c4cn[nH]c4)ccc32)CN1OCCc1ccc(F)cc1. The van der Waals surface area contributed by atoms with Crippen molar-refractivity contribution in [2.45, 2.75) is 32.4 Å². The van der Waals surface area contributed by atoms with Gasteiger partial charge in [-0.15, -0.1) is 0 Å². The fourth-order valence-electron chi connectivity index (χ4n) is 4.42. The molecule has 2 atom stereocenters. The third kappa shape index (κ3) is 4.38. The van der Waals surface area contributed by atoms with E-state index in [1.54, 1.807) is 6.20 Å². The number of fused-ring (bicyclic) bond motifs is 1. The van der Waals surface area contributed by atoms with E-state index in [1.807, 2.05) is 24.4 Å². The van der Waals surface area contributed by atoms with Crippen LogP contribution in [0.15, 0.2) is 61.1 Å². The summed E-state index contributed by atoms with van der Waals surface area (Å²) in [5, 5.41) is 8.95. The van der Waals surface area contributed by atoms with Crippen LogP contribution in [0.3, 0.4) is 0 Å². The molecule has 5 rings (SSSR count).